The zero-order valence-corrected chi connectivity index (χ0v) is 20.8. The van der Waals surface area contributed by atoms with Crippen molar-refractivity contribution in [3.63, 3.8) is 0 Å². The summed E-state index contributed by atoms with van der Waals surface area (Å²) in [5.41, 5.74) is 0.698. The number of rotatable bonds is 8. The molecule has 8 heteroatoms. The molecule has 0 bridgehead atoms. The van der Waals surface area contributed by atoms with Gasteiger partial charge in [-0.15, -0.1) is 0 Å². The lowest BCUT2D eigenvalue weighted by Gasteiger charge is -2.20. The van der Waals surface area contributed by atoms with Gasteiger partial charge >= 0.3 is 6.09 Å². The smallest absolute Gasteiger partial charge is 0.407 e. The van der Waals surface area contributed by atoms with Crippen molar-refractivity contribution in [2.45, 2.75) is 45.8 Å². The summed E-state index contributed by atoms with van der Waals surface area (Å²) < 4.78 is 12.8. The highest BCUT2D eigenvalue weighted by Crippen LogP contribution is 2.22. The van der Waals surface area contributed by atoms with Crippen LogP contribution >= 0.6 is 0 Å². The zero-order valence-electron chi connectivity index (χ0n) is 20.8. The summed E-state index contributed by atoms with van der Waals surface area (Å²) in [6, 6.07) is 14.9. The van der Waals surface area contributed by atoms with Gasteiger partial charge in [-0.3, -0.25) is 14.3 Å². The molecule has 2 heterocycles. The number of fused-ring (bicyclic) bond motifs is 1. The summed E-state index contributed by atoms with van der Waals surface area (Å²) in [7, 11) is 0. The number of amides is 1. The zero-order chi connectivity index (χ0) is 24.8. The van der Waals surface area contributed by atoms with Crippen LogP contribution in [-0.2, 0) is 11.3 Å². The summed E-state index contributed by atoms with van der Waals surface area (Å²) >= 11 is 0. The predicted octanol–water partition coefficient (Wildman–Crippen LogP) is 4.06. The third-order valence-electron chi connectivity index (χ3n) is 5.85. The molecule has 2 aromatic carbocycles. The third-order valence-corrected chi connectivity index (χ3v) is 5.85. The average Bonchev–Trinajstić information content (AvgIpc) is 3.33. The summed E-state index contributed by atoms with van der Waals surface area (Å²) in [5.74, 6) is 1.33. The molecule has 1 N–H and O–H groups in total. The van der Waals surface area contributed by atoms with Crippen LogP contribution in [0.5, 0.6) is 5.75 Å². The minimum atomic E-state index is -0.588. The van der Waals surface area contributed by atoms with Crippen molar-refractivity contribution in [2.24, 2.45) is 0 Å². The van der Waals surface area contributed by atoms with Gasteiger partial charge in [-0.25, -0.2) is 9.78 Å². The summed E-state index contributed by atoms with van der Waals surface area (Å²) in [6.45, 7) is 9.80. The molecule has 0 spiro atoms. The first-order valence-corrected chi connectivity index (χ1v) is 12.2. The van der Waals surface area contributed by atoms with E-state index in [9.17, 15) is 9.59 Å². The lowest BCUT2D eigenvalue weighted by atomic mass is 10.1. The van der Waals surface area contributed by atoms with Gasteiger partial charge in [0.05, 0.1) is 10.9 Å². The number of nitrogens with zero attached hydrogens (tertiary/aromatic N) is 3. The lowest BCUT2D eigenvalue weighted by Crippen LogP contribution is -2.36. The van der Waals surface area contributed by atoms with Gasteiger partial charge in [-0.05, 0) is 83.1 Å². The summed E-state index contributed by atoms with van der Waals surface area (Å²) in [6.07, 6.45) is 2.02. The van der Waals surface area contributed by atoms with E-state index in [1.807, 2.05) is 63.2 Å². The molecule has 1 aromatic heterocycles. The van der Waals surface area contributed by atoms with Gasteiger partial charge in [0.15, 0.2) is 0 Å². The predicted molar refractivity (Wildman–Crippen MR) is 137 cm³/mol. The largest absolute Gasteiger partial charge is 0.492 e. The van der Waals surface area contributed by atoms with E-state index in [1.54, 1.807) is 10.6 Å². The van der Waals surface area contributed by atoms with Crippen LogP contribution in [-0.4, -0.2) is 58.9 Å². The van der Waals surface area contributed by atoms with Gasteiger partial charge < -0.3 is 14.8 Å². The maximum absolute atomic E-state index is 13.3. The molecule has 0 saturated carbocycles. The molecule has 0 unspecified atom stereocenters. The summed E-state index contributed by atoms with van der Waals surface area (Å²) in [5, 5.41) is 3.26. The molecule has 1 aliphatic rings. The van der Waals surface area contributed by atoms with Crippen LogP contribution in [0.1, 0.15) is 33.6 Å². The highest BCUT2D eigenvalue weighted by atomic mass is 16.6. The van der Waals surface area contributed by atoms with Crippen molar-refractivity contribution in [2.75, 3.05) is 32.8 Å². The second kappa shape index (κ2) is 10.9. The number of aromatic nitrogens is 2. The third kappa shape index (κ3) is 6.60. The number of ether oxygens (including phenoxy) is 2. The second-order valence-electron chi connectivity index (χ2n) is 9.76. The highest BCUT2D eigenvalue weighted by molar-refractivity contribution is 5.79. The SMILES string of the molecule is CC(C)(C)OC(=O)NCCn1c(-c2ccc(OCCN3CCCC3)cc2)nc2ccccc2c1=O. The van der Waals surface area contributed by atoms with Crippen molar-refractivity contribution < 1.29 is 14.3 Å². The van der Waals surface area contributed by atoms with E-state index < -0.39 is 11.7 Å². The van der Waals surface area contributed by atoms with E-state index in [4.69, 9.17) is 14.5 Å². The van der Waals surface area contributed by atoms with Crippen molar-refractivity contribution in [3.05, 3.63) is 58.9 Å². The summed E-state index contributed by atoms with van der Waals surface area (Å²) in [4.78, 5) is 32.6. The van der Waals surface area contributed by atoms with Crippen LogP contribution in [0, 0.1) is 0 Å². The Morgan fingerprint density at radius 2 is 1.74 bits per heavy atom. The molecular weight excluding hydrogens is 444 g/mol. The van der Waals surface area contributed by atoms with Crippen molar-refractivity contribution in [3.8, 4) is 17.1 Å². The molecule has 8 nitrogen and oxygen atoms in total. The number of likely N-dealkylation sites (tertiary alicyclic amines) is 1. The maximum atomic E-state index is 13.3. The van der Waals surface area contributed by atoms with Gasteiger partial charge in [0.2, 0.25) is 0 Å². The van der Waals surface area contributed by atoms with Gasteiger partial charge in [0.25, 0.3) is 5.56 Å². The van der Waals surface area contributed by atoms with E-state index in [0.29, 0.717) is 23.3 Å². The Balaban J connectivity index is 1.51. The molecule has 1 amide bonds. The first kappa shape index (κ1) is 24.7. The fourth-order valence-corrected chi connectivity index (χ4v) is 4.18. The van der Waals surface area contributed by atoms with Crippen LogP contribution in [0.4, 0.5) is 4.79 Å². The molecule has 0 radical (unpaired) electrons. The number of hydrogen-bond donors (Lipinski definition) is 1. The second-order valence-corrected chi connectivity index (χ2v) is 9.76. The van der Waals surface area contributed by atoms with Gasteiger partial charge in [-0.1, -0.05) is 12.1 Å². The average molecular weight is 479 g/mol. The number of nitrogens with one attached hydrogen (secondary N) is 1. The fourth-order valence-electron chi connectivity index (χ4n) is 4.18. The van der Waals surface area contributed by atoms with Crippen LogP contribution < -0.4 is 15.6 Å². The number of carbonyl (C=O) groups excluding carboxylic acids is 1. The molecule has 0 aliphatic carbocycles. The van der Waals surface area contributed by atoms with Crippen LogP contribution in [0.2, 0.25) is 0 Å². The van der Waals surface area contributed by atoms with Crippen LogP contribution in [0.15, 0.2) is 53.3 Å². The molecule has 0 atom stereocenters. The standard InChI is InChI=1S/C27H34N4O4/c1-27(2,3)35-26(33)28-14-17-31-24(29-23-9-5-4-8-22(23)25(31)32)20-10-12-21(13-11-20)34-19-18-30-15-6-7-16-30/h4-5,8-13H,6-7,14-19H2,1-3H3,(H,28,33). The Morgan fingerprint density at radius 3 is 2.46 bits per heavy atom. The van der Waals surface area contributed by atoms with Crippen LogP contribution in [0.25, 0.3) is 22.3 Å². The lowest BCUT2D eigenvalue weighted by molar-refractivity contribution is 0.0526. The molecular formula is C27H34N4O4. The monoisotopic (exact) mass is 478 g/mol. The van der Waals surface area contributed by atoms with Crippen molar-refractivity contribution in [1.29, 1.82) is 0 Å². The molecule has 4 rings (SSSR count). The van der Waals surface area contributed by atoms with E-state index >= 15 is 0 Å². The fraction of sp³-hybridized carbons (Fsp3) is 0.444. The molecule has 1 saturated heterocycles. The molecule has 1 aliphatic heterocycles. The van der Waals surface area contributed by atoms with Gasteiger partial charge in [-0.2, -0.15) is 0 Å². The van der Waals surface area contributed by atoms with Gasteiger partial charge in [0.1, 0.15) is 23.8 Å². The molecule has 186 valence electrons. The van der Waals surface area contributed by atoms with E-state index in [-0.39, 0.29) is 18.6 Å². The van der Waals surface area contributed by atoms with E-state index in [0.717, 1.165) is 30.9 Å². The first-order valence-electron chi connectivity index (χ1n) is 12.2. The molecule has 35 heavy (non-hydrogen) atoms. The van der Waals surface area contributed by atoms with E-state index in [2.05, 4.69) is 10.2 Å². The number of alkyl carbamates (subject to hydrolysis) is 1. The Kier molecular flexibility index (Phi) is 7.70. The van der Waals surface area contributed by atoms with Crippen molar-refractivity contribution >= 4 is 17.0 Å². The Morgan fingerprint density at radius 1 is 1.03 bits per heavy atom. The van der Waals surface area contributed by atoms with E-state index in [1.165, 1.54) is 12.8 Å². The first-order chi connectivity index (χ1) is 16.8. The number of benzene rings is 2. The topological polar surface area (TPSA) is 85.7 Å². The van der Waals surface area contributed by atoms with Crippen LogP contribution in [0.3, 0.4) is 0 Å². The number of para-hydroxylation sites is 1. The minimum absolute atomic E-state index is 0.150. The van der Waals surface area contributed by atoms with Gasteiger partial charge in [0, 0.05) is 25.2 Å². The molecule has 1 fully saturated rings. The normalized spacial score (nSPS) is 14.3. The molecule has 3 aromatic rings. The van der Waals surface area contributed by atoms with Crippen molar-refractivity contribution in [1.82, 2.24) is 19.8 Å². The number of hydrogen-bond acceptors (Lipinski definition) is 6. The number of carbonyl (C=O) groups is 1. The Labute approximate surface area is 205 Å². The Bertz CT molecular complexity index is 1210. The quantitative estimate of drug-likeness (QED) is 0.526. The highest BCUT2D eigenvalue weighted by Gasteiger charge is 2.17. The maximum Gasteiger partial charge on any atom is 0.407 e. The minimum Gasteiger partial charge on any atom is -0.492 e. The Hall–Kier alpha value is -3.39.